The van der Waals surface area contributed by atoms with Crippen LogP contribution in [0.2, 0.25) is 0 Å². The van der Waals surface area contributed by atoms with Crippen molar-refractivity contribution in [2.75, 3.05) is 43.6 Å². The van der Waals surface area contributed by atoms with Gasteiger partial charge in [-0.15, -0.1) is 0 Å². The van der Waals surface area contributed by atoms with Crippen LogP contribution in [0.1, 0.15) is 0 Å². The molecular formula is C17H19N5O3. The summed E-state index contributed by atoms with van der Waals surface area (Å²) in [5, 5.41) is 5.24. The van der Waals surface area contributed by atoms with Crippen LogP contribution in [0.3, 0.4) is 0 Å². The topological polar surface area (TPSA) is 88.6 Å². The zero-order chi connectivity index (χ0) is 17.2. The van der Waals surface area contributed by atoms with E-state index in [-0.39, 0.29) is 12.1 Å². The number of hydrogen-bond acceptors (Lipinski definition) is 6. The van der Waals surface area contributed by atoms with Crippen LogP contribution in [-0.4, -0.2) is 55.5 Å². The Balaban J connectivity index is 1.60. The minimum Gasteiger partial charge on any atom is -0.486 e. The van der Waals surface area contributed by atoms with Crippen LogP contribution in [-0.2, 0) is 4.74 Å². The highest BCUT2D eigenvalue weighted by Crippen LogP contribution is 2.34. The Hall–Kier alpha value is -2.87. The minimum atomic E-state index is -0.256. The molecule has 1 aromatic carbocycles. The standard InChI is InChI=1S/C17H19N5O3/c1-18-17(23)20-12-4-2-11(3-5-12)15-19-8-14-16(21-15)22-6-7-24-9-13(22)10-25-14/h2-5,8,13H,6-7,9-10H2,1H3,(H2,18,20,23). The third kappa shape index (κ3) is 3.08. The smallest absolute Gasteiger partial charge is 0.318 e. The number of benzene rings is 1. The molecule has 2 aromatic rings. The van der Waals surface area contributed by atoms with Gasteiger partial charge in [0.2, 0.25) is 0 Å². The molecule has 0 radical (unpaired) electrons. The summed E-state index contributed by atoms with van der Waals surface area (Å²) < 4.78 is 11.3. The van der Waals surface area contributed by atoms with Gasteiger partial charge >= 0.3 is 6.03 Å². The largest absolute Gasteiger partial charge is 0.486 e. The molecule has 2 amide bonds. The lowest BCUT2D eigenvalue weighted by Gasteiger charge is -2.40. The molecule has 2 aliphatic heterocycles. The van der Waals surface area contributed by atoms with E-state index in [0.717, 1.165) is 17.9 Å². The van der Waals surface area contributed by atoms with Gasteiger partial charge < -0.3 is 25.0 Å². The van der Waals surface area contributed by atoms with Crippen molar-refractivity contribution >= 4 is 17.5 Å². The van der Waals surface area contributed by atoms with Gasteiger partial charge in [0.15, 0.2) is 17.4 Å². The number of ether oxygens (including phenoxy) is 2. The van der Waals surface area contributed by atoms with Gasteiger partial charge in [0.25, 0.3) is 0 Å². The van der Waals surface area contributed by atoms with E-state index in [9.17, 15) is 4.79 Å². The lowest BCUT2D eigenvalue weighted by molar-refractivity contribution is 0.0696. The Bertz CT molecular complexity index is 780. The average molecular weight is 341 g/mol. The van der Waals surface area contributed by atoms with Gasteiger partial charge in [-0.05, 0) is 24.3 Å². The number of anilines is 2. The van der Waals surface area contributed by atoms with Gasteiger partial charge in [0, 0.05) is 24.8 Å². The molecule has 1 fully saturated rings. The Labute approximate surface area is 145 Å². The molecule has 2 aliphatic rings. The van der Waals surface area contributed by atoms with Gasteiger partial charge in [-0.3, -0.25) is 0 Å². The average Bonchev–Trinajstić information content (AvgIpc) is 2.68. The number of rotatable bonds is 2. The van der Waals surface area contributed by atoms with Crippen LogP contribution >= 0.6 is 0 Å². The SMILES string of the molecule is CNC(=O)Nc1ccc(-c2ncc3c(n2)N2CCOCC2CO3)cc1. The Kier molecular flexibility index (Phi) is 4.10. The van der Waals surface area contributed by atoms with Gasteiger partial charge in [-0.25, -0.2) is 14.8 Å². The molecule has 0 saturated carbocycles. The van der Waals surface area contributed by atoms with Crippen molar-refractivity contribution in [1.82, 2.24) is 15.3 Å². The summed E-state index contributed by atoms with van der Waals surface area (Å²) in [6, 6.07) is 7.35. The number of carbonyl (C=O) groups is 1. The molecule has 3 heterocycles. The molecule has 8 heteroatoms. The number of morpholine rings is 1. The van der Waals surface area contributed by atoms with Gasteiger partial charge in [0.05, 0.1) is 25.5 Å². The third-order valence-corrected chi connectivity index (χ3v) is 4.30. The predicted molar refractivity (Wildman–Crippen MR) is 93.0 cm³/mol. The van der Waals surface area contributed by atoms with Gasteiger partial charge in [-0.1, -0.05) is 0 Å². The maximum atomic E-state index is 11.4. The van der Waals surface area contributed by atoms with E-state index in [1.54, 1.807) is 13.2 Å². The molecule has 2 N–H and O–H groups in total. The fraction of sp³-hybridized carbons (Fsp3) is 0.353. The lowest BCUT2D eigenvalue weighted by Crippen LogP contribution is -2.51. The summed E-state index contributed by atoms with van der Waals surface area (Å²) in [6.07, 6.45) is 1.72. The summed E-state index contributed by atoms with van der Waals surface area (Å²) in [7, 11) is 1.58. The van der Waals surface area contributed by atoms with Gasteiger partial charge in [0.1, 0.15) is 6.61 Å². The number of nitrogens with zero attached hydrogens (tertiary/aromatic N) is 3. The van der Waals surface area contributed by atoms with Crippen molar-refractivity contribution in [3.63, 3.8) is 0 Å². The Morgan fingerprint density at radius 1 is 1.28 bits per heavy atom. The zero-order valence-electron chi connectivity index (χ0n) is 13.9. The van der Waals surface area contributed by atoms with E-state index in [1.807, 2.05) is 24.3 Å². The Morgan fingerprint density at radius 2 is 2.12 bits per heavy atom. The van der Waals surface area contributed by atoms with Crippen molar-refractivity contribution in [2.24, 2.45) is 0 Å². The van der Waals surface area contributed by atoms with Crippen molar-refractivity contribution < 1.29 is 14.3 Å². The summed E-state index contributed by atoms with van der Waals surface area (Å²) >= 11 is 0. The molecule has 8 nitrogen and oxygen atoms in total. The maximum absolute atomic E-state index is 11.4. The second kappa shape index (κ2) is 6.56. The summed E-state index contributed by atoms with van der Waals surface area (Å²) in [4.78, 5) is 22.7. The van der Waals surface area contributed by atoms with E-state index in [4.69, 9.17) is 14.5 Å². The molecule has 1 aromatic heterocycles. The number of amides is 2. The van der Waals surface area contributed by atoms with E-state index in [1.165, 1.54) is 0 Å². The molecule has 1 atom stereocenters. The van der Waals surface area contributed by atoms with Crippen LogP contribution < -0.4 is 20.3 Å². The molecule has 0 aliphatic carbocycles. The Morgan fingerprint density at radius 3 is 2.92 bits per heavy atom. The van der Waals surface area contributed by atoms with Crippen molar-refractivity contribution in [3.05, 3.63) is 30.5 Å². The van der Waals surface area contributed by atoms with Crippen LogP contribution in [0.25, 0.3) is 11.4 Å². The van der Waals surface area contributed by atoms with Crippen LogP contribution in [0, 0.1) is 0 Å². The molecule has 25 heavy (non-hydrogen) atoms. The fourth-order valence-electron chi connectivity index (χ4n) is 2.96. The first kappa shape index (κ1) is 15.6. The van der Waals surface area contributed by atoms with Crippen molar-refractivity contribution in [1.29, 1.82) is 0 Å². The van der Waals surface area contributed by atoms with E-state index < -0.39 is 0 Å². The second-order valence-electron chi connectivity index (χ2n) is 5.90. The van der Waals surface area contributed by atoms with Gasteiger partial charge in [-0.2, -0.15) is 0 Å². The summed E-state index contributed by atoms with van der Waals surface area (Å²) in [5.74, 6) is 2.15. The number of hydrogen-bond donors (Lipinski definition) is 2. The quantitative estimate of drug-likeness (QED) is 0.860. The highest BCUT2D eigenvalue weighted by Gasteiger charge is 2.32. The normalized spacial score (nSPS) is 18.6. The highest BCUT2D eigenvalue weighted by atomic mass is 16.5. The minimum absolute atomic E-state index is 0.197. The number of nitrogens with one attached hydrogen (secondary N) is 2. The number of urea groups is 1. The van der Waals surface area contributed by atoms with E-state index in [2.05, 4.69) is 20.5 Å². The van der Waals surface area contributed by atoms with Crippen LogP contribution in [0.4, 0.5) is 16.3 Å². The fourth-order valence-corrected chi connectivity index (χ4v) is 2.96. The molecule has 1 saturated heterocycles. The van der Waals surface area contributed by atoms with E-state index in [0.29, 0.717) is 37.1 Å². The number of fused-ring (bicyclic) bond motifs is 3. The first-order valence-corrected chi connectivity index (χ1v) is 8.18. The molecule has 0 spiro atoms. The molecule has 1 unspecified atom stereocenters. The first-order chi connectivity index (χ1) is 12.2. The predicted octanol–water partition coefficient (Wildman–Crippen LogP) is 1.49. The number of carbonyl (C=O) groups excluding carboxylic acids is 1. The molecular weight excluding hydrogens is 322 g/mol. The first-order valence-electron chi connectivity index (χ1n) is 8.18. The number of aromatic nitrogens is 2. The summed E-state index contributed by atoms with van der Waals surface area (Å²) in [5.41, 5.74) is 1.58. The van der Waals surface area contributed by atoms with E-state index >= 15 is 0 Å². The van der Waals surface area contributed by atoms with Crippen LogP contribution in [0.15, 0.2) is 30.5 Å². The second-order valence-corrected chi connectivity index (χ2v) is 5.90. The van der Waals surface area contributed by atoms with Crippen LogP contribution in [0.5, 0.6) is 5.75 Å². The van der Waals surface area contributed by atoms with Crippen molar-refractivity contribution in [3.8, 4) is 17.1 Å². The monoisotopic (exact) mass is 341 g/mol. The zero-order valence-corrected chi connectivity index (χ0v) is 13.9. The highest BCUT2D eigenvalue weighted by molar-refractivity contribution is 5.89. The third-order valence-electron chi connectivity index (χ3n) is 4.30. The molecule has 4 rings (SSSR count). The molecule has 0 bridgehead atoms. The maximum Gasteiger partial charge on any atom is 0.318 e. The molecule has 130 valence electrons. The summed E-state index contributed by atoms with van der Waals surface area (Å²) in [6.45, 7) is 2.73. The van der Waals surface area contributed by atoms with Crippen molar-refractivity contribution in [2.45, 2.75) is 6.04 Å². The lowest BCUT2D eigenvalue weighted by atomic mass is 10.1.